The summed E-state index contributed by atoms with van der Waals surface area (Å²) in [6.07, 6.45) is 7.68. The molecular formula is C45H57ClN10O5S. The summed E-state index contributed by atoms with van der Waals surface area (Å²) >= 11 is 6.51. The van der Waals surface area contributed by atoms with Crippen LogP contribution >= 0.6 is 11.6 Å². The lowest BCUT2D eigenvalue weighted by Gasteiger charge is -2.52. The first-order valence-electron chi connectivity index (χ1n) is 21.7. The molecule has 4 aliphatic heterocycles. The number of benzene rings is 2. The minimum atomic E-state index is -3.62. The molecule has 6 heterocycles. The van der Waals surface area contributed by atoms with Crippen LogP contribution in [0.1, 0.15) is 76.8 Å². The second-order valence-corrected chi connectivity index (χ2v) is 20.2. The smallest absolute Gasteiger partial charge is 0.328 e. The number of piperidine rings is 2. The Labute approximate surface area is 369 Å². The number of anilines is 6. The van der Waals surface area contributed by atoms with Gasteiger partial charge in [0.1, 0.15) is 21.5 Å². The van der Waals surface area contributed by atoms with E-state index >= 15 is 0 Å². The van der Waals surface area contributed by atoms with Crippen molar-refractivity contribution in [3.63, 3.8) is 0 Å². The van der Waals surface area contributed by atoms with Gasteiger partial charge in [0.2, 0.25) is 11.9 Å². The third-order valence-corrected chi connectivity index (χ3v) is 15.1. The first-order valence-corrected chi connectivity index (χ1v) is 23.7. The van der Waals surface area contributed by atoms with E-state index in [1.165, 1.54) is 29.7 Å². The number of halogens is 1. The Morgan fingerprint density at radius 2 is 1.55 bits per heavy atom. The van der Waals surface area contributed by atoms with E-state index in [-0.39, 0.29) is 45.5 Å². The summed E-state index contributed by atoms with van der Waals surface area (Å²) in [5, 5.41) is 8.35. The SMILES string of the molecule is Cc1cc(Nc2ncc(Cl)c(Nc3ncccc3S(=O)(=O)C(C)C)n2)c(OC(C)C)cc1C1CCN(C2CN(C3CCN(c4ccc(N5CCC(=O)NC5=O)cc4)CC3)C2)CC1. The van der Waals surface area contributed by atoms with Crippen molar-refractivity contribution in [3.05, 3.63) is 77.1 Å². The van der Waals surface area contributed by atoms with Crippen LogP contribution in [-0.4, -0.2) is 114 Å². The van der Waals surface area contributed by atoms with Crippen molar-refractivity contribution in [3.8, 4) is 5.75 Å². The molecule has 4 saturated heterocycles. The van der Waals surface area contributed by atoms with Crippen LogP contribution in [0.25, 0.3) is 0 Å². The largest absolute Gasteiger partial charge is 0.489 e. The van der Waals surface area contributed by atoms with Gasteiger partial charge in [-0.3, -0.25) is 24.8 Å². The van der Waals surface area contributed by atoms with Gasteiger partial charge in [0, 0.05) is 68.8 Å². The fourth-order valence-electron chi connectivity index (χ4n) is 9.04. The molecule has 0 saturated carbocycles. The van der Waals surface area contributed by atoms with Crippen molar-refractivity contribution < 1.29 is 22.7 Å². The molecule has 4 aliphatic rings. The highest BCUT2D eigenvalue weighted by Gasteiger charge is 2.39. The van der Waals surface area contributed by atoms with Gasteiger partial charge in [-0.1, -0.05) is 11.6 Å². The maximum atomic E-state index is 13.1. The predicted molar refractivity (Wildman–Crippen MR) is 243 cm³/mol. The Bertz CT molecular complexity index is 2380. The van der Waals surface area contributed by atoms with Crippen molar-refractivity contribution in [1.82, 2.24) is 30.1 Å². The summed E-state index contributed by atoms with van der Waals surface area (Å²) < 4.78 is 32.5. The monoisotopic (exact) mass is 884 g/mol. The van der Waals surface area contributed by atoms with Crippen molar-refractivity contribution in [2.45, 2.75) is 101 Å². The van der Waals surface area contributed by atoms with Crippen LogP contribution in [0.4, 0.5) is 39.4 Å². The average molecular weight is 886 g/mol. The van der Waals surface area contributed by atoms with Crippen LogP contribution < -0.4 is 30.5 Å². The number of carbonyl (C=O) groups is 2. The number of carbonyl (C=O) groups excluding carboxylic acids is 2. The van der Waals surface area contributed by atoms with Gasteiger partial charge < -0.3 is 20.3 Å². The number of aryl methyl sites for hydroxylation is 1. The standard InChI is InChI=1S/C45H57ClN10O5S/c1-28(2)61-39-24-36(30(5)23-38(39)49-44-48-25-37(46)42(52-44)51-43-40(7-6-17-47-43)62(59,60)29(3)4)31-12-18-54(19-13-31)35-26-55(27-35)33-14-20-53(21-15-33)32-8-10-34(11-9-32)56-22-16-41(57)50-45(56)58/h6-11,17,23-25,28-29,31,33,35H,12-16,18-22,26-27H2,1-5H3,(H,50,57,58)(H2,47,48,49,51,52). The summed E-state index contributed by atoms with van der Waals surface area (Å²) in [6, 6.07) is 16.4. The zero-order valence-corrected chi connectivity index (χ0v) is 37.7. The van der Waals surface area contributed by atoms with E-state index < -0.39 is 15.1 Å². The number of likely N-dealkylation sites (tertiary alicyclic amines) is 2. The number of ether oxygens (including phenoxy) is 1. The van der Waals surface area contributed by atoms with Crippen LogP contribution in [0.15, 0.2) is 65.8 Å². The molecule has 4 aromatic rings. The summed E-state index contributed by atoms with van der Waals surface area (Å²) in [4.78, 5) is 46.6. The molecule has 4 fully saturated rings. The van der Waals surface area contributed by atoms with Crippen molar-refractivity contribution in [2.75, 3.05) is 66.2 Å². The predicted octanol–water partition coefficient (Wildman–Crippen LogP) is 7.27. The number of imide groups is 1. The zero-order valence-electron chi connectivity index (χ0n) is 36.1. The molecule has 15 nitrogen and oxygen atoms in total. The van der Waals surface area contributed by atoms with Gasteiger partial charge in [0.05, 0.1) is 23.2 Å². The normalized spacial score (nSPS) is 18.9. The van der Waals surface area contributed by atoms with E-state index in [1.54, 1.807) is 24.8 Å². The number of sulfone groups is 1. The lowest BCUT2D eigenvalue weighted by molar-refractivity contribution is -0.120. The maximum absolute atomic E-state index is 13.1. The fraction of sp³-hybridized carbons (Fsp3) is 0.489. The Morgan fingerprint density at radius 1 is 0.839 bits per heavy atom. The number of hydrogen-bond donors (Lipinski definition) is 3. The molecule has 0 atom stereocenters. The summed E-state index contributed by atoms with van der Waals surface area (Å²) in [5.74, 6) is 1.55. The van der Waals surface area contributed by atoms with Gasteiger partial charge in [0.25, 0.3) is 0 Å². The van der Waals surface area contributed by atoms with E-state index in [9.17, 15) is 18.0 Å². The number of nitrogens with one attached hydrogen (secondary N) is 3. The van der Waals surface area contributed by atoms with Crippen molar-refractivity contribution in [2.24, 2.45) is 0 Å². The molecule has 17 heteroatoms. The number of nitrogens with zero attached hydrogens (tertiary/aromatic N) is 7. The van der Waals surface area contributed by atoms with E-state index in [0.717, 1.165) is 81.9 Å². The third kappa shape index (κ3) is 9.48. The Morgan fingerprint density at radius 3 is 2.23 bits per heavy atom. The number of pyridine rings is 1. The average Bonchev–Trinajstić information content (AvgIpc) is 3.23. The highest BCUT2D eigenvalue weighted by Crippen LogP contribution is 2.40. The number of amides is 3. The third-order valence-electron chi connectivity index (χ3n) is 12.6. The van der Waals surface area contributed by atoms with Crippen LogP contribution in [0, 0.1) is 6.92 Å². The highest BCUT2D eigenvalue weighted by molar-refractivity contribution is 7.92. The quantitative estimate of drug-likeness (QED) is 0.123. The molecule has 8 rings (SSSR count). The van der Waals surface area contributed by atoms with Crippen molar-refractivity contribution >= 4 is 68.0 Å². The fourth-order valence-corrected chi connectivity index (χ4v) is 10.3. The van der Waals surface area contributed by atoms with Crippen LogP contribution in [0.3, 0.4) is 0 Å². The molecule has 330 valence electrons. The van der Waals surface area contributed by atoms with Gasteiger partial charge in [-0.25, -0.2) is 23.2 Å². The van der Waals surface area contributed by atoms with Crippen LogP contribution in [-0.2, 0) is 14.6 Å². The maximum Gasteiger partial charge on any atom is 0.328 e. The molecule has 62 heavy (non-hydrogen) atoms. The molecule has 3 N–H and O–H groups in total. The molecule has 2 aromatic carbocycles. The summed E-state index contributed by atoms with van der Waals surface area (Å²) in [6.45, 7) is 16.2. The first-order chi connectivity index (χ1) is 29.7. The van der Waals surface area contributed by atoms with Gasteiger partial charge in [-0.2, -0.15) is 4.98 Å². The second kappa shape index (κ2) is 18.4. The summed E-state index contributed by atoms with van der Waals surface area (Å²) in [7, 11) is -3.62. The van der Waals surface area contributed by atoms with Crippen LogP contribution in [0.2, 0.25) is 5.02 Å². The molecule has 0 spiro atoms. The Hall–Kier alpha value is -5.03. The topological polar surface area (TPSA) is 165 Å². The molecule has 2 aromatic heterocycles. The van der Waals surface area contributed by atoms with Crippen molar-refractivity contribution in [1.29, 1.82) is 0 Å². The minimum absolute atomic E-state index is 0.0626. The van der Waals surface area contributed by atoms with Gasteiger partial charge in [-0.15, -0.1) is 0 Å². The summed E-state index contributed by atoms with van der Waals surface area (Å²) in [5.41, 5.74) is 5.17. The Balaban J connectivity index is 0.846. The number of urea groups is 1. The second-order valence-electron chi connectivity index (χ2n) is 17.4. The molecule has 0 bridgehead atoms. The molecular weight excluding hydrogens is 828 g/mol. The minimum Gasteiger partial charge on any atom is -0.489 e. The number of aromatic nitrogens is 3. The van der Waals surface area contributed by atoms with E-state index in [4.69, 9.17) is 16.3 Å². The van der Waals surface area contributed by atoms with E-state index in [1.807, 2.05) is 26.0 Å². The van der Waals surface area contributed by atoms with E-state index in [0.29, 0.717) is 36.7 Å². The Kier molecular flexibility index (Phi) is 12.9. The molecule has 0 aliphatic carbocycles. The first kappa shape index (κ1) is 43.6. The molecule has 0 radical (unpaired) electrons. The number of hydrogen-bond acceptors (Lipinski definition) is 13. The van der Waals surface area contributed by atoms with Gasteiger partial charge in [-0.05, 0) is 139 Å². The van der Waals surface area contributed by atoms with Gasteiger partial charge in [0.15, 0.2) is 15.7 Å². The highest BCUT2D eigenvalue weighted by atomic mass is 35.5. The lowest BCUT2D eigenvalue weighted by Crippen LogP contribution is -2.64. The van der Waals surface area contributed by atoms with Gasteiger partial charge >= 0.3 is 6.03 Å². The lowest BCUT2D eigenvalue weighted by atomic mass is 9.85. The molecule has 3 amide bonds. The zero-order chi connectivity index (χ0) is 43.7. The van der Waals surface area contributed by atoms with E-state index in [2.05, 4.69) is 76.8 Å². The molecule has 0 unspecified atom stereocenters. The van der Waals surface area contributed by atoms with Crippen LogP contribution in [0.5, 0.6) is 5.75 Å². The number of rotatable bonds is 13.